The molecule has 5 heteroatoms. The van der Waals surface area contributed by atoms with Gasteiger partial charge in [0.1, 0.15) is 11.6 Å². The molecule has 0 radical (unpaired) electrons. The van der Waals surface area contributed by atoms with Crippen LogP contribution in [0.25, 0.3) is 11.0 Å². The molecule has 1 atom stereocenters. The summed E-state index contributed by atoms with van der Waals surface area (Å²) in [7, 11) is 0. The first-order valence-electron chi connectivity index (χ1n) is 6.95. The molecule has 2 nitrogen and oxygen atoms in total. The van der Waals surface area contributed by atoms with E-state index in [1.807, 2.05) is 22.6 Å². The van der Waals surface area contributed by atoms with Crippen molar-refractivity contribution < 1.29 is 4.39 Å². The van der Waals surface area contributed by atoms with Crippen LogP contribution in [0.5, 0.6) is 0 Å². The predicted octanol–water partition coefficient (Wildman–Crippen LogP) is 5.52. The number of imidazole rings is 1. The summed E-state index contributed by atoms with van der Waals surface area (Å²) >= 11 is 8.03. The molecular formula is C15H19ClFIN2. The van der Waals surface area contributed by atoms with Crippen molar-refractivity contribution in [1.29, 1.82) is 0 Å². The molecule has 1 unspecified atom stereocenters. The topological polar surface area (TPSA) is 17.8 Å². The van der Waals surface area contributed by atoms with Crippen LogP contribution in [0.1, 0.15) is 45.5 Å². The third-order valence-corrected chi connectivity index (χ3v) is 5.13. The van der Waals surface area contributed by atoms with E-state index >= 15 is 0 Å². The van der Waals surface area contributed by atoms with Gasteiger partial charge in [-0.15, -0.1) is 11.6 Å². The molecule has 1 aromatic carbocycles. The Balaban J connectivity index is 2.63. The van der Waals surface area contributed by atoms with Gasteiger partial charge in [-0.25, -0.2) is 9.37 Å². The van der Waals surface area contributed by atoms with E-state index < -0.39 is 0 Å². The van der Waals surface area contributed by atoms with Crippen LogP contribution < -0.4 is 0 Å². The Hall–Kier alpha value is -0.360. The van der Waals surface area contributed by atoms with Crippen molar-refractivity contribution in [2.45, 2.75) is 45.5 Å². The van der Waals surface area contributed by atoms with Gasteiger partial charge in [-0.3, -0.25) is 0 Å². The first-order valence-corrected chi connectivity index (χ1v) is 8.56. The van der Waals surface area contributed by atoms with Crippen molar-refractivity contribution in [3.05, 3.63) is 27.3 Å². The average Bonchev–Trinajstić information content (AvgIpc) is 2.78. The molecular weight excluding hydrogens is 390 g/mol. The Morgan fingerprint density at radius 3 is 2.55 bits per heavy atom. The third-order valence-electron chi connectivity index (χ3n) is 4.06. The number of alkyl halides is 1. The second kappa shape index (κ2) is 6.60. The predicted molar refractivity (Wildman–Crippen MR) is 90.7 cm³/mol. The standard InChI is InChI=1S/C15H19ClFIN2/c1-4-10(5-2)9(3)20-14-6-11(17)12(18)7-13(14)19-15(20)8-16/h6-7,9-10H,4-5,8H2,1-3H3. The smallest absolute Gasteiger partial charge is 0.138 e. The quantitative estimate of drug-likeness (QED) is 0.471. The highest BCUT2D eigenvalue weighted by atomic mass is 127. The molecule has 0 bridgehead atoms. The fraction of sp³-hybridized carbons (Fsp3) is 0.533. The number of benzene rings is 1. The van der Waals surface area contributed by atoms with Crippen molar-refractivity contribution in [2.75, 3.05) is 0 Å². The normalized spacial score (nSPS) is 13.3. The van der Waals surface area contributed by atoms with E-state index in [1.165, 1.54) is 0 Å². The molecule has 110 valence electrons. The van der Waals surface area contributed by atoms with Gasteiger partial charge < -0.3 is 4.57 Å². The summed E-state index contributed by atoms with van der Waals surface area (Å²) < 4.78 is 16.6. The summed E-state index contributed by atoms with van der Waals surface area (Å²) in [5, 5.41) is 0. The number of halogens is 3. The lowest BCUT2D eigenvalue weighted by atomic mass is 9.95. The third kappa shape index (κ3) is 2.82. The van der Waals surface area contributed by atoms with Crippen LogP contribution in [-0.2, 0) is 5.88 Å². The van der Waals surface area contributed by atoms with Gasteiger partial charge in [-0.2, -0.15) is 0 Å². The molecule has 1 heterocycles. The summed E-state index contributed by atoms with van der Waals surface area (Å²) in [4.78, 5) is 4.56. The van der Waals surface area contributed by atoms with Crippen molar-refractivity contribution in [3.63, 3.8) is 0 Å². The maximum absolute atomic E-state index is 13.9. The number of rotatable bonds is 5. The summed E-state index contributed by atoms with van der Waals surface area (Å²) in [5.41, 5.74) is 1.67. The second-order valence-corrected chi connectivity index (χ2v) is 6.53. The summed E-state index contributed by atoms with van der Waals surface area (Å²) in [6.45, 7) is 6.55. The minimum Gasteiger partial charge on any atom is -0.324 e. The van der Waals surface area contributed by atoms with Gasteiger partial charge in [0.25, 0.3) is 0 Å². The molecule has 1 aromatic heterocycles. The van der Waals surface area contributed by atoms with Crippen LogP contribution in [0.4, 0.5) is 4.39 Å². The number of hydrogen-bond acceptors (Lipinski definition) is 1. The maximum Gasteiger partial charge on any atom is 0.138 e. The Morgan fingerprint density at radius 1 is 1.35 bits per heavy atom. The molecule has 0 saturated heterocycles. The maximum atomic E-state index is 13.9. The summed E-state index contributed by atoms with van der Waals surface area (Å²) in [6, 6.07) is 3.64. The molecule has 0 amide bonds. The summed E-state index contributed by atoms with van der Waals surface area (Å²) in [6.07, 6.45) is 2.18. The largest absolute Gasteiger partial charge is 0.324 e. The van der Waals surface area contributed by atoms with Gasteiger partial charge in [0.15, 0.2) is 0 Å². The van der Waals surface area contributed by atoms with E-state index in [-0.39, 0.29) is 11.9 Å². The van der Waals surface area contributed by atoms with E-state index in [0.717, 1.165) is 29.7 Å². The molecule has 0 fully saturated rings. The highest BCUT2D eigenvalue weighted by Gasteiger charge is 2.22. The molecule has 2 aromatic rings. The van der Waals surface area contributed by atoms with Crippen molar-refractivity contribution in [2.24, 2.45) is 5.92 Å². The molecule has 0 saturated carbocycles. The highest BCUT2D eigenvalue weighted by Crippen LogP contribution is 2.31. The number of hydrogen-bond donors (Lipinski definition) is 0. The molecule has 0 N–H and O–H groups in total. The van der Waals surface area contributed by atoms with Crippen LogP contribution in [0.3, 0.4) is 0 Å². The van der Waals surface area contributed by atoms with E-state index in [1.54, 1.807) is 12.1 Å². The van der Waals surface area contributed by atoms with Crippen LogP contribution >= 0.6 is 34.2 Å². The van der Waals surface area contributed by atoms with Crippen molar-refractivity contribution in [1.82, 2.24) is 9.55 Å². The summed E-state index contributed by atoms with van der Waals surface area (Å²) in [5.74, 6) is 1.51. The SMILES string of the molecule is CCC(CC)C(C)n1c(CCl)nc2cc(I)c(F)cc21. The number of fused-ring (bicyclic) bond motifs is 1. The lowest BCUT2D eigenvalue weighted by Gasteiger charge is -2.25. The zero-order valence-electron chi connectivity index (χ0n) is 12.0. The first-order chi connectivity index (χ1) is 9.53. The Labute approximate surface area is 137 Å². The molecule has 0 aliphatic heterocycles. The Kier molecular flexibility index (Phi) is 5.29. The van der Waals surface area contributed by atoms with Gasteiger partial charge in [0.05, 0.1) is 20.5 Å². The highest BCUT2D eigenvalue weighted by molar-refractivity contribution is 14.1. The molecule has 0 aliphatic carbocycles. The molecule has 20 heavy (non-hydrogen) atoms. The monoisotopic (exact) mass is 408 g/mol. The van der Waals surface area contributed by atoms with E-state index in [0.29, 0.717) is 15.4 Å². The number of aromatic nitrogens is 2. The van der Waals surface area contributed by atoms with Crippen LogP contribution in [-0.4, -0.2) is 9.55 Å². The molecule has 0 spiro atoms. The zero-order valence-corrected chi connectivity index (χ0v) is 14.9. The van der Waals surface area contributed by atoms with Gasteiger partial charge in [0, 0.05) is 12.1 Å². The first kappa shape index (κ1) is 16.0. The van der Waals surface area contributed by atoms with Crippen molar-refractivity contribution >= 4 is 45.2 Å². The van der Waals surface area contributed by atoms with Gasteiger partial charge in [-0.1, -0.05) is 26.7 Å². The van der Waals surface area contributed by atoms with Crippen LogP contribution in [0, 0.1) is 15.3 Å². The van der Waals surface area contributed by atoms with Crippen LogP contribution in [0.2, 0.25) is 0 Å². The minimum absolute atomic E-state index is 0.197. The fourth-order valence-electron chi connectivity index (χ4n) is 2.87. The Bertz CT molecular complexity index is 607. The molecule has 2 rings (SSSR count). The minimum atomic E-state index is -0.197. The Morgan fingerprint density at radius 2 is 2.00 bits per heavy atom. The molecule has 0 aliphatic rings. The van der Waals surface area contributed by atoms with E-state index in [4.69, 9.17) is 11.6 Å². The number of nitrogens with zero attached hydrogens (tertiary/aromatic N) is 2. The van der Waals surface area contributed by atoms with Gasteiger partial charge >= 0.3 is 0 Å². The van der Waals surface area contributed by atoms with Crippen molar-refractivity contribution in [3.8, 4) is 0 Å². The second-order valence-electron chi connectivity index (χ2n) is 5.10. The lowest BCUT2D eigenvalue weighted by Crippen LogP contribution is -2.17. The van der Waals surface area contributed by atoms with Crippen LogP contribution in [0.15, 0.2) is 12.1 Å². The van der Waals surface area contributed by atoms with Gasteiger partial charge in [-0.05, 0) is 41.5 Å². The average molecular weight is 409 g/mol. The zero-order chi connectivity index (χ0) is 14.9. The lowest BCUT2D eigenvalue weighted by molar-refractivity contribution is 0.334. The fourth-order valence-corrected chi connectivity index (χ4v) is 3.51. The van der Waals surface area contributed by atoms with Gasteiger partial charge in [0.2, 0.25) is 0 Å². The van der Waals surface area contributed by atoms with E-state index in [9.17, 15) is 4.39 Å². The van der Waals surface area contributed by atoms with E-state index in [2.05, 4.69) is 30.3 Å².